The molecule has 0 aliphatic heterocycles. The second-order valence-corrected chi connectivity index (χ2v) is 5.95. The summed E-state index contributed by atoms with van der Waals surface area (Å²) in [4.78, 5) is 10.8. The SMILES string of the molecule is CC(C#N)CNS(=O)(=O)Cc1cccc(C(=O)O)c1. The van der Waals surface area contributed by atoms with Crippen LogP contribution in [0.3, 0.4) is 0 Å². The number of nitrogens with zero attached hydrogens (tertiary/aromatic N) is 1. The quantitative estimate of drug-likeness (QED) is 0.808. The number of benzene rings is 1. The first-order chi connectivity index (χ1) is 8.84. The van der Waals surface area contributed by atoms with E-state index in [0.717, 1.165) is 0 Å². The topological polar surface area (TPSA) is 107 Å². The Morgan fingerprint density at radius 2 is 2.21 bits per heavy atom. The highest BCUT2D eigenvalue weighted by Crippen LogP contribution is 2.09. The van der Waals surface area contributed by atoms with Crippen molar-refractivity contribution >= 4 is 16.0 Å². The number of carboxylic acid groups (broad SMARTS) is 1. The first-order valence-corrected chi connectivity index (χ1v) is 7.18. The van der Waals surface area contributed by atoms with Gasteiger partial charge in [0, 0.05) is 6.54 Å². The van der Waals surface area contributed by atoms with Crippen molar-refractivity contribution in [1.29, 1.82) is 5.26 Å². The molecule has 102 valence electrons. The number of carboxylic acids is 1. The molecule has 2 N–H and O–H groups in total. The number of hydrogen-bond donors (Lipinski definition) is 2. The zero-order valence-electron chi connectivity index (χ0n) is 10.3. The molecule has 0 spiro atoms. The first-order valence-electron chi connectivity index (χ1n) is 5.53. The van der Waals surface area contributed by atoms with Gasteiger partial charge < -0.3 is 5.11 Å². The maximum Gasteiger partial charge on any atom is 0.335 e. The molecule has 1 rings (SSSR count). The van der Waals surface area contributed by atoms with Gasteiger partial charge in [0.25, 0.3) is 0 Å². The molecule has 0 aliphatic carbocycles. The Morgan fingerprint density at radius 1 is 1.53 bits per heavy atom. The maximum absolute atomic E-state index is 11.7. The minimum Gasteiger partial charge on any atom is -0.478 e. The van der Waals surface area contributed by atoms with Crippen molar-refractivity contribution in [3.05, 3.63) is 35.4 Å². The number of rotatable bonds is 6. The van der Waals surface area contributed by atoms with Crippen molar-refractivity contribution in [2.75, 3.05) is 6.54 Å². The predicted molar refractivity (Wildman–Crippen MR) is 68.8 cm³/mol. The lowest BCUT2D eigenvalue weighted by Crippen LogP contribution is -2.29. The van der Waals surface area contributed by atoms with Crippen molar-refractivity contribution in [3.8, 4) is 6.07 Å². The number of nitrogens with one attached hydrogen (secondary N) is 1. The normalized spacial score (nSPS) is 12.6. The van der Waals surface area contributed by atoms with E-state index in [-0.39, 0.29) is 17.9 Å². The van der Waals surface area contributed by atoms with Crippen LogP contribution in [0.4, 0.5) is 0 Å². The molecule has 0 saturated heterocycles. The van der Waals surface area contributed by atoms with Gasteiger partial charge in [0.1, 0.15) is 0 Å². The molecule has 1 unspecified atom stereocenters. The number of sulfonamides is 1. The number of carbonyl (C=O) groups is 1. The van der Waals surface area contributed by atoms with Crippen LogP contribution in [0.5, 0.6) is 0 Å². The fraction of sp³-hybridized carbons (Fsp3) is 0.333. The minimum absolute atomic E-state index is 0.0391. The molecule has 0 bridgehead atoms. The van der Waals surface area contributed by atoms with Crippen LogP contribution < -0.4 is 4.72 Å². The largest absolute Gasteiger partial charge is 0.478 e. The minimum atomic E-state index is -3.58. The Balaban J connectivity index is 2.76. The zero-order valence-corrected chi connectivity index (χ0v) is 11.1. The van der Waals surface area contributed by atoms with Crippen LogP contribution >= 0.6 is 0 Å². The van der Waals surface area contributed by atoms with Crippen LogP contribution in [-0.4, -0.2) is 26.0 Å². The van der Waals surface area contributed by atoms with Gasteiger partial charge in [-0.25, -0.2) is 17.9 Å². The lowest BCUT2D eigenvalue weighted by molar-refractivity contribution is 0.0696. The van der Waals surface area contributed by atoms with Crippen molar-refractivity contribution in [1.82, 2.24) is 4.72 Å². The van der Waals surface area contributed by atoms with Crippen LogP contribution in [-0.2, 0) is 15.8 Å². The Bertz CT molecular complexity index is 604. The van der Waals surface area contributed by atoms with Gasteiger partial charge in [-0.3, -0.25) is 0 Å². The molecule has 0 fully saturated rings. The molecule has 1 aromatic rings. The molecule has 0 aromatic heterocycles. The summed E-state index contributed by atoms with van der Waals surface area (Å²) in [6, 6.07) is 7.66. The number of aromatic carboxylic acids is 1. The summed E-state index contributed by atoms with van der Waals surface area (Å²) in [5.41, 5.74) is 0.426. The predicted octanol–water partition coefficient (Wildman–Crippen LogP) is 0.964. The van der Waals surface area contributed by atoms with Crippen LogP contribution in [0.1, 0.15) is 22.8 Å². The molecule has 0 radical (unpaired) electrons. The van der Waals surface area contributed by atoms with Crippen LogP contribution in [0.25, 0.3) is 0 Å². The van der Waals surface area contributed by atoms with Gasteiger partial charge in [-0.15, -0.1) is 0 Å². The standard InChI is InChI=1S/C12H14N2O4S/c1-9(6-13)7-14-19(17,18)8-10-3-2-4-11(5-10)12(15)16/h2-5,9,14H,7-8H2,1H3,(H,15,16). The van der Waals surface area contributed by atoms with Crippen molar-refractivity contribution in [2.45, 2.75) is 12.7 Å². The van der Waals surface area contributed by atoms with Gasteiger partial charge in [0.15, 0.2) is 0 Å². The third-order valence-electron chi connectivity index (χ3n) is 2.36. The average molecular weight is 282 g/mol. The van der Waals surface area contributed by atoms with Gasteiger partial charge in [0.05, 0.1) is 23.3 Å². The van der Waals surface area contributed by atoms with Gasteiger partial charge in [0.2, 0.25) is 10.0 Å². The summed E-state index contributed by atoms with van der Waals surface area (Å²) >= 11 is 0. The lowest BCUT2D eigenvalue weighted by atomic mass is 10.1. The van der Waals surface area contributed by atoms with Crippen molar-refractivity contribution < 1.29 is 18.3 Å². The summed E-state index contributed by atoms with van der Waals surface area (Å²) in [6.45, 7) is 1.64. The summed E-state index contributed by atoms with van der Waals surface area (Å²) in [5.74, 6) is -1.84. The zero-order chi connectivity index (χ0) is 14.5. The molecule has 1 atom stereocenters. The van der Waals surface area contributed by atoms with Crippen LogP contribution in [0, 0.1) is 17.2 Å². The Morgan fingerprint density at radius 3 is 2.79 bits per heavy atom. The Kier molecular flexibility index (Phi) is 5.03. The Hall–Kier alpha value is -1.91. The number of hydrogen-bond acceptors (Lipinski definition) is 4. The lowest BCUT2D eigenvalue weighted by Gasteiger charge is -2.08. The molecule has 7 heteroatoms. The molecule has 0 amide bonds. The number of nitriles is 1. The fourth-order valence-corrected chi connectivity index (χ4v) is 2.59. The molecule has 19 heavy (non-hydrogen) atoms. The third-order valence-corrected chi connectivity index (χ3v) is 3.68. The first kappa shape index (κ1) is 15.1. The smallest absolute Gasteiger partial charge is 0.335 e. The Labute approximate surface area is 111 Å². The highest BCUT2D eigenvalue weighted by atomic mass is 32.2. The highest BCUT2D eigenvalue weighted by molar-refractivity contribution is 7.88. The fourth-order valence-electron chi connectivity index (χ4n) is 1.36. The van der Waals surface area contributed by atoms with Gasteiger partial charge in [-0.1, -0.05) is 12.1 Å². The van der Waals surface area contributed by atoms with Crippen molar-refractivity contribution in [2.24, 2.45) is 5.92 Å². The van der Waals surface area contributed by atoms with Crippen LogP contribution in [0.2, 0.25) is 0 Å². The van der Waals surface area contributed by atoms with E-state index < -0.39 is 21.9 Å². The van der Waals surface area contributed by atoms with E-state index in [9.17, 15) is 13.2 Å². The molecule has 6 nitrogen and oxygen atoms in total. The second-order valence-electron chi connectivity index (χ2n) is 4.14. The van der Waals surface area contributed by atoms with E-state index in [0.29, 0.717) is 5.56 Å². The van der Waals surface area contributed by atoms with Crippen LogP contribution in [0.15, 0.2) is 24.3 Å². The van der Waals surface area contributed by atoms with E-state index in [1.54, 1.807) is 13.0 Å². The second kappa shape index (κ2) is 6.31. The third kappa shape index (κ3) is 5.07. The highest BCUT2D eigenvalue weighted by Gasteiger charge is 2.14. The van der Waals surface area contributed by atoms with E-state index in [1.165, 1.54) is 18.2 Å². The molecule has 0 heterocycles. The summed E-state index contributed by atoms with van der Waals surface area (Å²) in [5, 5.41) is 17.4. The molecular formula is C12H14N2O4S. The van der Waals surface area contributed by atoms with E-state index in [2.05, 4.69) is 4.72 Å². The molecule has 1 aromatic carbocycles. The molecule has 0 saturated carbocycles. The summed E-state index contributed by atoms with van der Waals surface area (Å²) < 4.78 is 25.8. The summed E-state index contributed by atoms with van der Waals surface area (Å²) in [6.07, 6.45) is 0. The van der Waals surface area contributed by atoms with Gasteiger partial charge in [-0.2, -0.15) is 5.26 Å². The van der Waals surface area contributed by atoms with E-state index in [4.69, 9.17) is 10.4 Å². The maximum atomic E-state index is 11.7. The van der Waals surface area contributed by atoms with Crippen molar-refractivity contribution in [3.63, 3.8) is 0 Å². The summed E-state index contributed by atoms with van der Waals surface area (Å²) in [7, 11) is -3.58. The monoisotopic (exact) mass is 282 g/mol. The van der Waals surface area contributed by atoms with Gasteiger partial charge >= 0.3 is 5.97 Å². The van der Waals surface area contributed by atoms with E-state index >= 15 is 0 Å². The van der Waals surface area contributed by atoms with E-state index in [1.807, 2.05) is 6.07 Å². The average Bonchev–Trinajstić information content (AvgIpc) is 2.35. The molecule has 0 aliphatic rings. The molecular weight excluding hydrogens is 268 g/mol. The van der Waals surface area contributed by atoms with Gasteiger partial charge in [-0.05, 0) is 24.6 Å².